The molecule has 8 heteroatoms. The summed E-state index contributed by atoms with van der Waals surface area (Å²) in [5, 5.41) is 9.12. The van der Waals surface area contributed by atoms with E-state index in [-0.39, 0.29) is 4.90 Å². The van der Waals surface area contributed by atoms with Gasteiger partial charge in [0.05, 0.1) is 4.90 Å². The summed E-state index contributed by atoms with van der Waals surface area (Å²) in [6.45, 7) is 1.22. The van der Waals surface area contributed by atoms with Crippen LogP contribution in [-0.4, -0.2) is 32.1 Å². The summed E-state index contributed by atoms with van der Waals surface area (Å²) in [7, 11) is -3.83. The molecule has 0 aliphatic heterocycles. The number of aliphatic hydroxyl groups is 1. The lowest BCUT2D eigenvalue weighted by atomic mass is 10.2. The lowest BCUT2D eigenvalue weighted by molar-refractivity contribution is -0.125. The van der Waals surface area contributed by atoms with Crippen LogP contribution < -0.4 is 16.2 Å². The van der Waals surface area contributed by atoms with Crippen molar-refractivity contribution in [2.75, 3.05) is 12.3 Å². The maximum absolute atomic E-state index is 11.8. The van der Waals surface area contributed by atoms with E-state index in [9.17, 15) is 13.2 Å². The van der Waals surface area contributed by atoms with E-state index in [1.54, 1.807) is 13.0 Å². The van der Waals surface area contributed by atoms with E-state index in [4.69, 9.17) is 16.6 Å². The Morgan fingerprint density at radius 2 is 2.06 bits per heavy atom. The quantitative estimate of drug-likeness (QED) is 0.494. The summed E-state index contributed by atoms with van der Waals surface area (Å²) < 4.78 is 25.7. The van der Waals surface area contributed by atoms with Gasteiger partial charge in [0.1, 0.15) is 6.10 Å². The molecule has 1 aromatic carbocycles. The number of benzene rings is 1. The molecule has 0 aromatic heterocycles. The maximum Gasteiger partial charge on any atom is 0.247 e. The van der Waals surface area contributed by atoms with Gasteiger partial charge in [0, 0.05) is 12.2 Å². The van der Waals surface area contributed by atoms with Crippen molar-refractivity contribution in [3.63, 3.8) is 0 Å². The molecule has 1 unspecified atom stereocenters. The van der Waals surface area contributed by atoms with E-state index < -0.39 is 28.6 Å². The van der Waals surface area contributed by atoms with Gasteiger partial charge in [0.2, 0.25) is 15.9 Å². The SMILES string of the molecule is Cc1cc(N)cc(S(=O)(=O)NCC(O)C(N)=O)c1. The molecule has 0 heterocycles. The fraction of sp³-hybridized carbons (Fsp3) is 0.300. The number of sulfonamides is 1. The van der Waals surface area contributed by atoms with Crippen LogP contribution in [0.4, 0.5) is 5.69 Å². The van der Waals surface area contributed by atoms with Gasteiger partial charge in [-0.25, -0.2) is 13.1 Å². The summed E-state index contributed by atoms with van der Waals surface area (Å²) in [6, 6.07) is 4.33. The number of primary amides is 1. The number of anilines is 1. The molecule has 0 fully saturated rings. The van der Waals surface area contributed by atoms with Crippen LogP contribution in [0.25, 0.3) is 0 Å². The summed E-state index contributed by atoms with van der Waals surface area (Å²) in [4.78, 5) is 10.5. The van der Waals surface area contributed by atoms with E-state index in [2.05, 4.69) is 4.72 Å². The standard InChI is InChI=1S/C10H15N3O4S/c1-6-2-7(11)4-8(3-6)18(16,17)13-5-9(14)10(12)15/h2-4,9,13-14H,5,11H2,1H3,(H2,12,15). The monoisotopic (exact) mass is 273 g/mol. The molecular weight excluding hydrogens is 258 g/mol. The van der Waals surface area contributed by atoms with Crippen LogP contribution in [0.2, 0.25) is 0 Å². The summed E-state index contributed by atoms with van der Waals surface area (Å²) in [6.07, 6.45) is -1.57. The van der Waals surface area contributed by atoms with Crippen molar-refractivity contribution in [3.8, 4) is 0 Å². The molecule has 1 amide bonds. The predicted octanol–water partition coefficient (Wildman–Crippen LogP) is -1.30. The first-order chi connectivity index (χ1) is 8.22. The number of hydrogen-bond acceptors (Lipinski definition) is 5. The minimum absolute atomic E-state index is 0.0309. The molecule has 1 atom stereocenters. The maximum atomic E-state index is 11.8. The zero-order valence-electron chi connectivity index (χ0n) is 9.75. The number of amides is 1. The fourth-order valence-electron chi connectivity index (χ4n) is 1.30. The number of rotatable bonds is 5. The number of nitrogen functional groups attached to an aromatic ring is 1. The van der Waals surface area contributed by atoms with E-state index in [0.717, 1.165) is 0 Å². The Balaban J connectivity index is 2.90. The molecule has 0 spiro atoms. The Labute approximate surface area is 105 Å². The lowest BCUT2D eigenvalue weighted by Gasteiger charge is -2.10. The number of aryl methyl sites for hydroxylation is 1. The Bertz CT molecular complexity index is 536. The summed E-state index contributed by atoms with van der Waals surface area (Å²) in [5.41, 5.74) is 11.3. The van der Waals surface area contributed by atoms with Gasteiger partial charge in [0.15, 0.2) is 0 Å². The highest BCUT2D eigenvalue weighted by Gasteiger charge is 2.18. The predicted molar refractivity (Wildman–Crippen MR) is 66.0 cm³/mol. The van der Waals surface area contributed by atoms with Crippen LogP contribution in [0.3, 0.4) is 0 Å². The molecule has 6 N–H and O–H groups in total. The third kappa shape index (κ3) is 3.69. The lowest BCUT2D eigenvalue weighted by Crippen LogP contribution is -2.39. The second-order valence-corrected chi connectivity index (χ2v) is 5.62. The molecule has 1 aromatic rings. The van der Waals surface area contributed by atoms with Gasteiger partial charge in [-0.15, -0.1) is 0 Å². The first-order valence-corrected chi connectivity index (χ1v) is 6.55. The molecule has 7 nitrogen and oxygen atoms in total. The number of nitrogens with one attached hydrogen (secondary N) is 1. The Morgan fingerprint density at radius 3 is 2.56 bits per heavy atom. The average molecular weight is 273 g/mol. The van der Waals surface area contributed by atoms with Crippen LogP contribution >= 0.6 is 0 Å². The first kappa shape index (κ1) is 14.4. The zero-order chi connectivity index (χ0) is 13.9. The minimum Gasteiger partial charge on any atom is -0.399 e. The van der Waals surface area contributed by atoms with Crippen LogP contribution in [-0.2, 0) is 14.8 Å². The van der Waals surface area contributed by atoms with Crippen molar-refractivity contribution < 1.29 is 18.3 Å². The van der Waals surface area contributed by atoms with Gasteiger partial charge >= 0.3 is 0 Å². The Hall–Kier alpha value is -1.64. The number of carbonyl (C=O) groups is 1. The zero-order valence-corrected chi connectivity index (χ0v) is 10.6. The molecule has 0 bridgehead atoms. The average Bonchev–Trinajstić information content (AvgIpc) is 2.24. The molecule has 0 radical (unpaired) electrons. The Kier molecular flexibility index (Phi) is 4.28. The van der Waals surface area contributed by atoms with Crippen LogP contribution in [0.1, 0.15) is 5.56 Å². The van der Waals surface area contributed by atoms with Crippen molar-refractivity contribution in [1.82, 2.24) is 4.72 Å². The van der Waals surface area contributed by atoms with Crippen LogP contribution in [0, 0.1) is 6.92 Å². The second-order valence-electron chi connectivity index (χ2n) is 3.85. The third-order valence-corrected chi connectivity index (χ3v) is 3.58. The minimum atomic E-state index is -3.83. The molecule has 100 valence electrons. The normalized spacial score (nSPS) is 13.2. The third-order valence-electron chi connectivity index (χ3n) is 2.18. The first-order valence-electron chi connectivity index (χ1n) is 5.06. The van der Waals surface area contributed by atoms with E-state index >= 15 is 0 Å². The van der Waals surface area contributed by atoms with Crippen molar-refractivity contribution in [1.29, 1.82) is 0 Å². The molecule has 18 heavy (non-hydrogen) atoms. The Morgan fingerprint density at radius 1 is 1.44 bits per heavy atom. The smallest absolute Gasteiger partial charge is 0.247 e. The molecule has 0 saturated carbocycles. The molecule has 0 aliphatic carbocycles. The van der Waals surface area contributed by atoms with Gasteiger partial charge in [-0.1, -0.05) is 0 Å². The van der Waals surface area contributed by atoms with Gasteiger partial charge in [-0.05, 0) is 30.7 Å². The highest BCUT2D eigenvalue weighted by Crippen LogP contribution is 2.15. The van der Waals surface area contributed by atoms with Gasteiger partial charge < -0.3 is 16.6 Å². The van der Waals surface area contributed by atoms with E-state index in [1.165, 1.54) is 12.1 Å². The molecule has 0 saturated heterocycles. The molecule has 0 aliphatic rings. The summed E-state index contributed by atoms with van der Waals surface area (Å²) >= 11 is 0. The van der Waals surface area contributed by atoms with Crippen molar-refractivity contribution in [2.45, 2.75) is 17.9 Å². The number of aliphatic hydroxyl groups excluding tert-OH is 1. The van der Waals surface area contributed by atoms with Crippen LogP contribution in [0.5, 0.6) is 0 Å². The largest absolute Gasteiger partial charge is 0.399 e. The van der Waals surface area contributed by atoms with E-state index in [1.807, 2.05) is 0 Å². The van der Waals surface area contributed by atoms with Gasteiger partial charge in [0.25, 0.3) is 0 Å². The van der Waals surface area contributed by atoms with Crippen molar-refractivity contribution in [2.24, 2.45) is 5.73 Å². The fourth-order valence-corrected chi connectivity index (χ4v) is 2.48. The molecule has 1 rings (SSSR count). The van der Waals surface area contributed by atoms with Crippen LogP contribution in [0.15, 0.2) is 23.1 Å². The van der Waals surface area contributed by atoms with Gasteiger partial charge in [-0.3, -0.25) is 4.79 Å². The second kappa shape index (κ2) is 5.34. The highest BCUT2D eigenvalue weighted by atomic mass is 32.2. The van der Waals surface area contributed by atoms with Crippen molar-refractivity contribution >= 4 is 21.6 Å². The number of carbonyl (C=O) groups excluding carboxylic acids is 1. The highest BCUT2D eigenvalue weighted by molar-refractivity contribution is 7.89. The molecular formula is C10H15N3O4S. The number of nitrogens with two attached hydrogens (primary N) is 2. The topological polar surface area (TPSA) is 136 Å². The number of hydrogen-bond donors (Lipinski definition) is 4. The van der Waals surface area contributed by atoms with Gasteiger partial charge in [-0.2, -0.15) is 0 Å². The van der Waals surface area contributed by atoms with Crippen molar-refractivity contribution in [3.05, 3.63) is 23.8 Å². The summed E-state index contributed by atoms with van der Waals surface area (Å²) in [5.74, 6) is -0.999. The van der Waals surface area contributed by atoms with E-state index in [0.29, 0.717) is 11.3 Å².